The molecule has 16 heavy (non-hydrogen) atoms. The topological polar surface area (TPSA) is 35.5 Å². The summed E-state index contributed by atoms with van der Waals surface area (Å²) >= 11 is 0. The molecule has 0 unspecified atom stereocenters. The summed E-state index contributed by atoms with van der Waals surface area (Å²) in [5.74, 6) is 0.784. The molecule has 0 atom stereocenters. The van der Waals surface area contributed by atoms with Crippen molar-refractivity contribution < 1.29 is 5.11 Å². The average molecular weight is 226 g/mol. The van der Waals surface area contributed by atoms with Gasteiger partial charge in [-0.05, 0) is 44.7 Å². The van der Waals surface area contributed by atoms with Gasteiger partial charge in [0.15, 0.2) is 0 Å². The predicted molar refractivity (Wildman–Crippen MR) is 66.5 cm³/mol. The first kappa shape index (κ1) is 12.3. The van der Waals surface area contributed by atoms with Gasteiger partial charge in [-0.25, -0.2) is 0 Å². The molecule has 2 fully saturated rings. The zero-order valence-corrected chi connectivity index (χ0v) is 10.7. The molecule has 0 aromatic carbocycles. The quantitative estimate of drug-likeness (QED) is 0.756. The van der Waals surface area contributed by atoms with E-state index in [1.165, 1.54) is 32.5 Å². The van der Waals surface area contributed by atoms with Crippen LogP contribution in [0.4, 0.5) is 0 Å². The third-order valence-electron chi connectivity index (χ3n) is 3.80. The summed E-state index contributed by atoms with van der Waals surface area (Å²) in [7, 11) is 0. The van der Waals surface area contributed by atoms with Gasteiger partial charge in [-0.15, -0.1) is 0 Å². The fraction of sp³-hybridized carbons (Fsp3) is 1.00. The molecule has 1 saturated carbocycles. The van der Waals surface area contributed by atoms with E-state index in [2.05, 4.69) is 24.1 Å². The highest BCUT2D eigenvalue weighted by Crippen LogP contribution is 2.22. The monoisotopic (exact) mass is 226 g/mol. The van der Waals surface area contributed by atoms with Crippen LogP contribution < -0.4 is 5.32 Å². The van der Waals surface area contributed by atoms with Gasteiger partial charge in [0.2, 0.25) is 0 Å². The molecule has 1 aliphatic heterocycles. The summed E-state index contributed by atoms with van der Waals surface area (Å²) < 4.78 is 0. The molecule has 0 aromatic heterocycles. The molecule has 1 heterocycles. The number of hydrogen-bond acceptors (Lipinski definition) is 3. The predicted octanol–water partition coefficient (Wildman–Crippen LogP) is 1.22. The van der Waals surface area contributed by atoms with E-state index in [0.29, 0.717) is 12.1 Å². The third-order valence-corrected chi connectivity index (χ3v) is 3.80. The van der Waals surface area contributed by atoms with Crippen LogP contribution in [0.15, 0.2) is 0 Å². The van der Waals surface area contributed by atoms with Gasteiger partial charge in [-0.3, -0.25) is 0 Å². The number of hydrogen-bond donors (Lipinski definition) is 2. The summed E-state index contributed by atoms with van der Waals surface area (Å²) in [6.45, 7) is 8.31. The Balaban J connectivity index is 1.61. The van der Waals surface area contributed by atoms with E-state index in [1.54, 1.807) is 0 Å². The molecule has 3 heteroatoms. The lowest BCUT2D eigenvalue weighted by molar-refractivity contribution is 0.0517. The second kappa shape index (κ2) is 5.48. The summed E-state index contributed by atoms with van der Waals surface area (Å²) in [5, 5.41) is 12.9. The molecule has 1 aliphatic carbocycles. The molecule has 1 saturated heterocycles. The van der Waals surface area contributed by atoms with Gasteiger partial charge in [-0.1, -0.05) is 13.8 Å². The van der Waals surface area contributed by atoms with Crippen molar-refractivity contribution >= 4 is 0 Å². The van der Waals surface area contributed by atoms with Crippen molar-refractivity contribution in [1.82, 2.24) is 10.2 Å². The van der Waals surface area contributed by atoms with Gasteiger partial charge < -0.3 is 15.3 Å². The molecule has 0 bridgehead atoms. The molecule has 2 rings (SSSR count). The summed E-state index contributed by atoms with van der Waals surface area (Å²) in [6.07, 6.45) is 4.45. The Kier molecular flexibility index (Phi) is 4.22. The summed E-state index contributed by atoms with van der Waals surface area (Å²) in [4.78, 5) is 2.58. The lowest BCUT2D eigenvalue weighted by Gasteiger charge is -2.39. The van der Waals surface area contributed by atoms with Crippen LogP contribution >= 0.6 is 0 Å². The molecule has 94 valence electrons. The fourth-order valence-electron chi connectivity index (χ4n) is 2.86. The van der Waals surface area contributed by atoms with Crippen LogP contribution in [0.25, 0.3) is 0 Å². The Morgan fingerprint density at radius 2 is 1.81 bits per heavy atom. The van der Waals surface area contributed by atoms with E-state index in [0.717, 1.165) is 18.8 Å². The maximum atomic E-state index is 9.24. The number of rotatable bonds is 4. The molecule has 0 aromatic rings. The summed E-state index contributed by atoms with van der Waals surface area (Å²) in [6, 6.07) is 1.29. The zero-order chi connectivity index (χ0) is 11.5. The molecule has 2 N–H and O–H groups in total. The van der Waals surface area contributed by atoms with Gasteiger partial charge in [0, 0.05) is 18.6 Å². The average Bonchev–Trinajstić information content (AvgIpc) is 2.18. The first-order valence-corrected chi connectivity index (χ1v) is 6.80. The largest absolute Gasteiger partial charge is 0.393 e. The minimum atomic E-state index is -0.0291. The second-order valence-corrected chi connectivity index (χ2v) is 5.96. The molecular weight excluding hydrogens is 200 g/mol. The molecule has 3 nitrogen and oxygen atoms in total. The molecule has 0 amide bonds. The maximum Gasteiger partial charge on any atom is 0.0570 e. The number of piperidine rings is 1. The van der Waals surface area contributed by atoms with Gasteiger partial charge in [0.05, 0.1) is 6.10 Å². The lowest BCUT2D eigenvalue weighted by Crippen LogP contribution is -2.52. The fourth-order valence-corrected chi connectivity index (χ4v) is 2.86. The van der Waals surface area contributed by atoms with E-state index in [9.17, 15) is 5.11 Å². The lowest BCUT2D eigenvalue weighted by atomic mass is 9.88. The van der Waals surface area contributed by atoms with Crippen molar-refractivity contribution in [2.45, 2.75) is 57.7 Å². The number of aliphatic hydroxyl groups is 1. The normalized spacial score (nSPS) is 33.0. The standard InChI is InChI=1S/C13H26N2O/c1-10(2)9-15-5-3-11(4-6-15)14-12-7-13(16)8-12/h10-14,16H,3-9H2,1-2H3. The zero-order valence-electron chi connectivity index (χ0n) is 10.7. The smallest absolute Gasteiger partial charge is 0.0570 e. The van der Waals surface area contributed by atoms with Crippen molar-refractivity contribution in [3.05, 3.63) is 0 Å². The number of nitrogens with zero attached hydrogens (tertiary/aromatic N) is 1. The minimum absolute atomic E-state index is 0.0291. The molecule has 2 aliphatic rings. The van der Waals surface area contributed by atoms with E-state index >= 15 is 0 Å². The van der Waals surface area contributed by atoms with E-state index < -0.39 is 0 Å². The SMILES string of the molecule is CC(C)CN1CCC(NC2CC(O)C2)CC1. The first-order chi connectivity index (χ1) is 7.63. The van der Waals surface area contributed by atoms with E-state index in [-0.39, 0.29) is 6.10 Å². The first-order valence-electron chi connectivity index (χ1n) is 6.80. The molecular formula is C13H26N2O. The Bertz CT molecular complexity index is 206. The second-order valence-electron chi connectivity index (χ2n) is 5.96. The Morgan fingerprint density at radius 3 is 2.31 bits per heavy atom. The highest BCUT2D eigenvalue weighted by atomic mass is 16.3. The van der Waals surface area contributed by atoms with Crippen molar-refractivity contribution in [1.29, 1.82) is 0 Å². The van der Waals surface area contributed by atoms with Crippen LogP contribution in [0.2, 0.25) is 0 Å². The van der Waals surface area contributed by atoms with Crippen LogP contribution in [-0.4, -0.2) is 47.8 Å². The van der Waals surface area contributed by atoms with Gasteiger partial charge in [0.25, 0.3) is 0 Å². The van der Waals surface area contributed by atoms with Crippen molar-refractivity contribution in [3.63, 3.8) is 0 Å². The van der Waals surface area contributed by atoms with Crippen LogP contribution in [0.5, 0.6) is 0 Å². The highest BCUT2D eigenvalue weighted by molar-refractivity contribution is 4.89. The van der Waals surface area contributed by atoms with Crippen molar-refractivity contribution in [2.75, 3.05) is 19.6 Å². The van der Waals surface area contributed by atoms with Gasteiger partial charge in [0.1, 0.15) is 0 Å². The Labute approximate surface area is 99.2 Å². The van der Waals surface area contributed by atoms with E-state index in [4.69, 9.17) is 0 Å². The Morgan fingerprint density at radius 1 is 1.19 bits per heavy atom. The van der Waals surface area contributed by atoms with Crippen LogP contribution in [-0.2, 0) is 0 Å². The van der Waals surface area contributed by atoms with Crippen LogP contribution in [0, 0.1) is 5.92 Å². The number of likely N-dealkylation sites (tertiary alicyclic amines) is 1. The number of nitrogens with one attached hydrogen (secondary N) is 1. The van der Waals surface area contributed by atoms with Gasteiger partial charge in [-0.2, -0.15) is 0 Å². The molecule has 0 spiro atoms. The Hall–Kier alpha value is -0.120. The van der Waals surface area contributed by atoms with Crippen LogP contribution in [0.1, 0.15) is 39.5 Å². The number of aliphatic hydroxyl groups excluding tert-OH is 1. The highest BCUT2D eigenvalue weighted by Gasteiger charge is 2.30. The molecule has 0 radical (unpaired) electrons. The van der Waals surface area contributed by atoms with Crippen LogP contribution in [0.3, 0.4) is 0 Å². The van der Waals surface area contributed by atoms with Crippen molar-refractivity contribution in [3.8, 4) is 0 Å². The van der Waals surface area contributed by atoms with E-state index in [1.807, 2.05) is 0 Å². The van der Waals surface area contributed by atoms with Gasteiger partial charge >= 0.3 is 0 Å². The third kappa shape index (κ3) is 3.44. The minimum Gasteiger partial charge on any atom is -0.393 e. The maximum absolute atomic E-state index is 9.24. The van der Waals surface area contributed by atoms with Crippen molar-refractivity contribution in [2.24, 2.45) is 5.92 Å². The summed E-state index contributed by atoms with van der Waals surface area (Å²) in [5.41, 5.74) is 0.